The van der Waals surface area contributed by atoms with Crippen molar-refractivity contribution in [2.75, 3.05) is 6.54 Å². The van der Waals surface area contributed by atoms with Crippen LogP contribution in [0.5, 0.6) is 0 Å². The van der Waals surface area contributed by atoms with Gasteiger partial charge < -0.3 is 19.4 Å². The zero-order valence-electron chi connectivity index (χ0n) is 17.7. The summed E-state index contributed by atoms with van der Waals surface area (Å²) in [5.41, 5.74) is 0.00938. The lowest BCUT2D eigenvalue weighted by molar-refractivity contribution is -0.141. The molecule has 3 heterocycles. The lowest BCUT2D eigenvalue weighted by Crippen LogP contribution is -2.58. The second-order valence-corrected chi connectivity index (χ2v) is 9.05. The van der Waals surface area contributed by atoms with Gasteiger partial charge in [0.1, 0.15) is 17.6 Å². The van der Waals surface area contributed by atoms with Crippen LogP contribution in [0.25, 0.3) is 0 Å². The standard InChI is InChI=1S/C23H34N2O4/c1-3-6-18-19-7-4-8-21(26)25-14-5-12-23(19,25)13-11-20(18)29-22(27)24-15-17-10-9-16(2)28-17/h9-10,18-20H,3-8,11-15H2,1-2H3,(H,24,27)/t18-,19+,20+,23-/m1/s1. The van der Waals surface area contributed by atoms with Gasteiger partial charge in [-0.25, -0.2) is 4.79 Å². The first-order valence-corrected chi connectivity index (χ1v) is 11.3. The quantitative estimate of drug-likeness (QED) is 0.784. The highest BCUT2D eigenvalue weighted by Gasteiger charge is 2.56. The maximum absolute atomic E-state index is 12.7. The summed E-state index contributed by atoms with van der Waals surface area (Å²) < 4.78 is 11.5. The SMILES string of the molecule is CCC[C@H]1[C@@H](OC(=O)NCc2ccc(C)o2)CC[C@@]23CCCN2C(=O)CCC[C@@H]13. The van der Waals surface area contributed by atoms with Crippen molar-refractivity contribution < 1.29 is 18.7 Å². The lowest BCUT2D eigenvalue weighted by atomic mass is 9.62. The summed E-state index contributed by atoms with van der Waals surface area (Å²) in [5, 5.41) is 2.84. The molecule has 2 saturated heterocycles. The molecule has 1 aromatic rings. The van der Waals surface area contributed by atoms with Crippen LogP contribution in [0.15, 0.2) is 16.5 Å². The number of hydrogen-bond donors (Lipinski definition) is 1. The van der Waals surface area contributed by atoms with Gasteiger partial charge in [-0.3, -0.25) is 4.79 Å². The van der Waals surface area contributed by atoms with E-state index in [4.69, 9.17) is 9.15 Å². The number of nitrogens with one attached hydrogen (secondary N) is 1. The van der Waals surface area contributed by atoms with E-state index in [0.717, 1.165) is 69.4 Å². The number of amides is 2. The molecular formula is C23H34N2O4. The molecule has 3 fully saturated rings. The predicted molar refractivity (Wildman–Crippen MR) is 109 cm³/mol. The maximum Gasteiger partial charge on any atom is 0.407 e. The molecule has 1 aromatic heterocycles. The third kappa shape index (κ3) is 3.90. The highest BCUT2D eigenvalue weighted by atomic mass is 16.6. The van der Waals surface area contributed by atoms with Crippen LogP contribution in [0, 0.1) is 18.8 Å². The number of carbonyl (C=O) groups is 2. The van der Waals surface area contributed by atoms with E-state index in [9.17, 15) is 9.59 Å². The number of furan rings is 1. The summed E-state index contributed by atoms with van der Waals surface area (Å²) in [7, 11) is 0. The fraction of sp³-hybridized carbons (Fsp3) is 0.739. The van der Waals surface area contributed by atoms with E-state index in [1.54, 1.807) is 0 Å². The zero-order chi connectivity index (χ0) is 20.4. The molecule has 2 amide bonds. The summed E-state index contributed by atoms with van der Waals surface area (Å²) in [6.07, 6.45) is 8.40. The first kappa shape index (κ1) is 20.3. The van der Waals surface area contributed by atoms with Gasteiger partial charge in [-0.1, -0.05) is 13.3 Å². The van der Waals surface area contributed by atoms with Crippen molar-refractivity contribution in [3.05, 3.63) is 23.7 Å². The number of carbonyl (C=O) groups excluding carboxylic acids is 2. The molecule has 1 saturated carbocycles. The number of alkyl carbamates (subject to hydrolysis) is 1. The minimum absolute atomic E-state index is 0.00938. The van der Waals surface area contributed by atoms with E-state index in [1.807, 2.05) is 19.1 Å². The Morgan fingerprint density at radius 3 is 2.93 bits per heavy atom. The maximum atomic E-state index is 12.7. The van der Waals surface area contributed by atoms with Crippen LogP contribution in [0.3, 0.4) is 0 Å². The molecule has 2 aliphatic heterocycles. The molecule has 0 aromatic carbocycles. The summed E-state index contributed by atoms with van der Waals surface area (Å²) in [6, 6.07) is 3.76. The minimum Gasteiger partial charge on any atom is -0.465 e. The zero-order valence-corrected chi connectivity index (χ0v) is 17.7. The molecule has 1 N–H and O–H groups in total. The molecule has 0 unspecified atom stereocenters. The fourth-order valence-corrected chi connectivity index (χ4v) is 6.24. The molecule has 1 spiro atoms. The number of nitrogens with zero attached hydrogens (tertiary/aromatic N) is 1. The Labute approximate surface area is 173 Å². The van der Waals surface area contributed by atoms with E-state index in [1.165, 1.54) is 0 Å². The number of aryl methyl sites for hydroxylation is 1. The van der Waals surface area contributed by atoms with Crippen LogP contribution in [0.1, 0.15) is 76.2 Å². The Kier molecular flexibility index (Phi) is 5.88. The Bertz CT molecular complexity index is 745. The van der Waals surface area contributed by atoms with Gasteiger partial charge in [0, 0.05) is 24.4 Å². The van der Waals surface area contributed by atoms with Crippen molar-refractivity contribution in [2.45, 2.75) is 89.8 Å². The van der Waals surface area contributed by atoms with Crippen molar-refractivity contribution in [1.29, 1.82) is 0 Å². The largest absolute Gasteiger partial charge is 0.465 e. The molecule has 160 valence electrons. The van der Waals surface area contributed by atoms with Crippen molar-refractivity contribution in [2.24, 2.45) is 11.8 Å². The molecular weight excluding hydrogens is 368 g/mol. The highest BCUT2D eigenvalue weighted by Crippen LogP contribution is 2.53. The van der Waals surface area contributed by atoms with Gasteiger partial charge in [0.15, 0.2) is 0 Å². The third-order valence-corrected chi connectivity index (χ3v) is 7.37. The van der Waals surface area contributed by atoms with Crippen LogP contribution in [0.4, 0.5) is 4.79 Å². The van der Waals surface area contributed by atoms with Crippen LogP contribution in [-0.4, -0.2) is 35.1 Å². The average Bonchev–Trinajstić information content (AvgIpc) is 3.28. The molecule has 4 rings (SSSR count). The van der Waals surface area contributed by atoms with Gasteiger partial charge in [-0.2, -0.15) is 0 Å². The Balaban J connectivity index is 1.45. The molecule has 0 bridgehead atoms. The number of rotatable bonds is 5. The number of hydrogen-bond acceptors (Lipinski definition) is 4. The first-order chi connectivity index (χ1) is 14.0. The number of ether oxygens (including phenoxy) is 1. The van der Waals surface area contributed by atoms with Gasteiger partial charge in [-0.05, 0) is 69.9 Å². The average molecular weight is 403 g/mol. The second kappa shape index (κ2) is 8.41. The van der Waals surface area contributed by atoms with E-state index in [0.29, 0.717) is 30.7 Å². The smallest absolute Gasteiger partial charge is 0.407 e. The van der Waals surface area contributed by atoms with Crippen molar-refractivity contribution in [3.8, 4) is 0 Å². The van der Waals surface area contributed by atoms with Crippen LogP contribution < -0.4 is 5.32 Å². The Morgan fingerprint density at radius 1 is 1.31 bits per heavy atom. The molecule has 29 heavy (non-hydrogen) atoms. The molecule has 6 heteroatoms. The van der Waals surface area contributed by atoms with Crippen molar-refractivity contribution in [1.82, 2.24) is 10.2 Å². The van der Waals surface area contributed by atoms with Gasteiger partial charge >= 0.3 is 6.09 Å². The normalized spacial score (nSPS) is 31.7. The molecule has 1 aliphatic carbocycles. The Hall–Kier alpha value is -1.98. The van der Waals surface area contributed by atoms with E-state index in [2.05, 4.69) is 17.1 Å². The van der Waals surface area contributed by atoms with Crippen molar-refractivity contribution >= 4 is 12.0 Å². The lowest BCUT2D eigenvalue weighted by Gasteiger charge is -2.52. The van der Waals surface area contributed by atoms with Gasteiger partial charge in [0.25, 0.3) is 0 Å². The molecule has 3 aliphatic rings. The van der Waals surface area contributed by atoms with E-state index in [-0.39, 0.29) is 17.7 Å². The monoisotopic (exact) mass is 402 g/mol. The van der Waals surface area contributed by atoms with Gasteiger partial charge in [0.2, 0.25) is 5.91 Å². The minimum atomic E-state index is -0.367. The summed E-state index contributed by atoms with van der Waals surface area (Å²) in [6.45, 7) is 5.33. The highest BCUT2D eigenvalue weighted by molar-refractivity contribution is 5.78. The Morgan fingerprint density at radius 2 is 2.17 bits per heavy atom. The molecule has 4 atom stereocenters. The van der Waals surface area contributed by atoms with Gasteiger partial charge in [0.05, 0.1) is 6.54 Å². The molecule has 0 radical (unpaired) electrons. The van der Waals surface area contributed by atoms with Crippen LogP contribution >= 0.6 is 0 Å². The summed E-state index contributed by atoms with van der Waals surface area (Å²) in [4.78, 5) is 27.4. The first-order valence-electron chi connectivity index (χ1n) is 11.3. The van der Waals surface area contributed by atoms with Gasteiger partial charge in [-0.15, -0.1) is 0 Å². The summed E-state index contributed by atoms with van der Waals surface area (Å²) >= 11 is 0. The third-order valence-electron chi connectivity index (χ3n) is 7.37. The topological polar surface area (TPSA) is 71.8 Å². The van der Waals surface area contributed by atoms with E-state index >= 15 is 0 Å². The summed E-state index contributed by atoms with van der Waals surface area (Å²) in [5.74, 6) is 2.68. The molecule has 6 nitrogen and oxygen atoms in total. The van der Waals surface area contributed by atoms with Crippen LogP contribution in [-0.2, 0) is 16.1 Å². The second-order valence-electron chi connectivity index (χ2n) is 9.05. The van der Waals surface area contributed by atoms with Crippen molar-refractivity contribution in [3.63, 3.8) is 0 Å². The predicted octanol–water partition coefficient (Wildman–Crippen LogP) is 4.55. The van der Waals surface area contributed by atoms with E-state index < -0.39 is 0 Å². The fourth-order valence-electron chi connectivity index (χ4n) is 6.24. The van der Waals surface area contributed by atoms with Crippen LogP contribution in [0.2, 0.25) is 0 Å².